The fourth-order valence-corrected chi connectivity index (χ4v) is 4.47. The van der Waals surface area contributed by atoms with Crippen LogP contribution >= 0.6 is 23.4 Å². The second-order valence-corrected chi connectivity index (χ2v) is 8.57. The zero-order valence-corrected chi connectivity index (χ0v) is 18.8. The number of nitrogens with zero attached hydrogens (tertiary/aromatic N) is 4. The zero-order chi connectivity index (χ0) is 20.6. The van der Waals surface area contributed by atoms with Crippen LogP contribution in [0.25, 0.3) is 0 Å². The lowest BCUT2D eigenvalue weighted by molar-refractivity contribution is 0.0746. The predicted octanol–water partition coefficient (Wildman–Crippen LogP) is 4.13. The van der Waals surface area contributed by atoms with Gasteiger partial charge in [0.15, 0.2) is 0 Å². The minimum absolute atomic E-state index is 0.0583. The molecular formula is C22H29ClN4OS. The van der Waals surface area contributed by atoms with Crippen molar-refractivity contribution in [3.8, 4) is 0 Å². The van der Waals surface area contributed by atoms with Crippen molar-refractivity contribution in [2.75, 3.05) is 56.5 Å². The van der Waals surface area contributed by atoms with Crippen molar-refractivity contribution >= 4 is 35.0 Å². The monoisotopic (exact) mass is 432 g/mol. The number of hydrogen-bond donors (Lipinski definition) is 0. The Morgan fingerprint density at radius 1 is 1.14 bits per heavy atom. The van der Waals surface area contributed by atoms with Gasteiger partial charge in [-0.3, -0.25) is 4.79 Å². The number of benzene rings is 1. The summed E-state index contributed by atoms with van der Waals surface area (Å²) >= 11 is 7.84. The van der Waals surface area contributed by atoms with E-state index in [1.807, 2.05) is 35.2 Å². The van der Waals surface area contributed by atoms with Gasteiger partial charge in [0.25, 0.3) is 5.91 Å². The van der Waals surface area contributed by atoms with Crippen LogP contribution in [0.3, 0.4) is 0 Å². The second kappa shape index (κ2) is 10.9. The molecule has 1 fully saturated rings. The maximum atomic E-state index is 12.8. The highest BCUT2D eigenvalue weighted by Gasteiger charge is 2.22. The number of aromatic nitrogens is 1. The summed E-state index contributed by atoms with van der Waals surface area (Å²) < 4.78 is 0. The third kappa shape index (κ3) is 6.11. The Labute approximate surface area is 183 Å². The van der Waals surface area contributed by atoms with E-state index >= 15 is 0 Å². The van der Waals surface area contributed by atoms with Gasteiger partial charge in [-0.25, -0.2) is 4.98 Å². The first-order chi connectivity index (χ1) is 14.1. The van der Waals surface area contributed by atoms with Crippen LogP contribution in [0, 0.1) is 0 Å². The first-order valence-corrected chi connectivity index (χ1v) is 11.6. The predicted molar refractivity (Wildman–Crippen MR) is 122 cm³/mol. The number of hydrogen-bond acceptors (Lipinski definition) is 5. The molecule has 1 aromatic carbocycles. The lowest BCUT2D eigenvalue weighted by atomic mass is 10.2. The number of thioether (sulfide) groups is 1. The lowest BCUT2D eigenvalue weighted by Crippen LogP contribution is -2.48. The highest BCUT2D eigenvalue weighted by atomic mass is 35.5. The summed E-state index contributed by atoms with van der Waals surface area (Å²) in [5, 5.41) is 1.71. The Bertz CT molecular complexity index is 790. The number of piperazine rings is 1. The zero-order valence-electron chi connectivity index (χ0n) is 17.2. The Kier molecular flexibility index (Phi) is 8.21. The molecule has 1 amide bonds. The van der Waals surface area contributed by atoms with Gasteiger partial charge in [0.1, 0.15) is 0 Å². The Hall–Kier alpha value is -1.76. The van der Waals surface area contributed by atoms with E-state index in [1.165, 1.54) is 0 Å². The SMILES string of the molecule is CCN(CC)CCSc1ccc(C(=O)N2CCN(c3cccc(Cl)c3)CC2)cn1. The fraction of sp³-hybridized carbons (Fsp3) is 0.455. The molecule has 0 spiro atoms. The molecule has 0 unspecified atom stereocenters. The maximum Gasteiger partial charge on any atom is 0.255 e. The summed E-state index contributed by atoms with van der Waals surface area (Å²) in [4.78, 5) is 23.9. The van der Waals surface area contributed by atoms with Crippen molar-refractivity contribution in [3.63, 3.8) is 0 Å². The van der Waals surface area contributed by atoms with Crippen molar-refractivity contribution in [2.24, 2.45) is 0 Å². The number of carbonyl (C=O) groups excluding carboxylic acids is 1. The minimum Gasteiger partial charge on any atom is -0.368 e. The number of halogens is 1. The molecule has 0 bridgehead atoms. The number of carbonyl (C=O) groups is 1. The van der Waals surface area contributed by atoms with E-state index in [2.05, 4.69) is 34.7 Å². The van der Waals surface area contributed by atoms with Crippen molar-refractivity contribution in [2.45, 2.75) is 18.9 Å². The summed E-state index contributed by atoms with van der Waals surface area (Å²) in [7, 11) is 0. The topological polar surface area (TPSA) is 39.7 Å². The van der Waals surface area contributed by atoms with Crippen molar-refractivity contribution in [1.82, 2.24) is 14.8 Å². The van der Waals surface area contributed by atoms with E-state index in [4.69, 9.17) is 11.6 Å². The standard InChI is InChI=1S/C22H29ClN4OS/c1-3-25(4-2)14-15-29-21-9-8-18(17-24-21)22(28)27-12-10-26(11-13-27)20-7-5-6-19(23)16-20/h5-9,16-17H,3-4,10-15H2,1-2H3. The van der Waals surface area contributed by atoms with E-state index in [9.17, 15) is 4.79 Å². The number of pyridine rings is 1. The van der Waals surface area contributed by atoms with Gasteiger partial charge < -0.3 is 14.7 Å². The summed E-state index contributed by atoms with van der Waals surface area (Å²) in [6.07, 6.45) is 1.71. The molecule has 1 aliphatic rings. The highest BCUT2D eigenvalue weighted by Crippen LogP contribution is 2.22. The molecule has 2 aromatic rings. The number of amides is 1. The van der Waals surface area contributed by atoms with Gasteiger partial charge in [-0.1, -0.05) is 31.5 Å². The molecule has 5 nitrogen and oxygen atoms in total. The highest BCUT2D eigenvalue weighted by molar-refractivity contribution is 7.99. The van der Waals surface area contributed by atoms with E-state index < -0.39 is 0 Å². The molecule has 0 radical (unpaired) electrons. The molecule has 0 saturated carbocycles. The summed E-state index contributed by atoms with van der Waals surface area (Å²) in [6, 6.07) is 11.7. The van der Waals surface area contributed by atoms with Crippen LogP contribution in [0.4, 0.5) is 5.69 Å². The van der Waals surface area contributed by atoms with Gasteiger partial charge in [0, 0.05) is 55.4 Å². The van der Waals surface area contributed by atoms with Crippen molar-refractivity contribution in [1.29, 1.82) is 0 Å². The molecule has 0 aliphatic carbocycles. The molecule has 3 rings (SSSR count). The van der Waals surface area contributed by atoms with Crippen LogP contribution in [-0.2, 0) is 0 Å². The van der Waals surface area contributed by atoms with Gasteiger partial charge in [-0.05, 0) is 43.4 Å². The first kappa shape index (κ1) is 21.9. The van der Waals surface area contributed by atoms with Crippen LogP contribution in [0.1, 0.15) is 24.2 Å². The van der Waals surface area contributed by atoms with E-state index in [0.717, 1.165) is 54.2 Å². The van der Waals surface area contributed by atoms with Crippen LogP contribution in [-0.4, -0.2) is 72.3 Å². The number of anilines is 1. The van der Waals surface area contributed by atoms with E-state index in [1.54, 1.807) is 18.0 Å². The summed E-state index contributed by atoms with van der Waals surface area (Å²) in [6.45, 7) is 10.6. The number of rotatable bonds is 8. The maximum absolute atomic E-state index is 12.8. The van der Waals surface area contributed by atoms with Crippen LogP contribution in [0.15, 0.2) is 47.6 Å². The molecule has 1 aliphatic heterocycles. The third-order valence-corrected chi connectivity index (χ3v) is 6.43. The molecule has 156 valence electrons. The van der Waals surface area contributed by atoms with Crippen LogP contribution < -0.4 is 4.90 Å². The molecule has 1 aromatic heterocycles. The van der Waals surface area contributed by atoms with Crippen molar-refractivity contribution < 1.29 is 4.79 Å². The van der Waals surface area contributed by atoms with E-state index in [-0.39, 0.29) is 5.91 Å². The van der Waals surface area contributed by atoms with Gasteiger partial charge in [-0.15, -0.1) is 11.8 Å². The largest absolute Gasteiger partial charge is 0.368 e. The lowest BCUT2D eigenvalue weighted by Gasteiger charge is -2.36. The normalized spacial score (nSPS) is 14.5. The molecule has 0 N–H and O–H groups in total. The first-order valence-electron chi connectivity index (χ1n) is 10.2. The van der Waals surface area contributed by atoms with Crippen LogP contribution in [0.5, 0.6) is 0 Å². The van der Waals surface area contributed by atoms with E-state index in [0.29, 0.717) is 18.7 Å². The van der Waals surface area contributed by atoms with Gasteiger partial charge in [0.2, 0.25) is 0 Å². The Balaban J connectivity index is 1.49. The second-order valence-electron chi connectivity index (χ2n) is 7.02. The van der Waals surface area contributed by atoms with Gasteiger partial charge >= 0.3 is 0 Å². The molecule has 0 atom stereocenters. The van der Waals surface area contributed by atoms with Crippen molar-refractivity contribution in [3.05, 3.63) is 53.2 Å². The summed E-state index contributed by atoms with van der Waals surface area (Å²) in [5.41, 5.74) is 1.77. The average Bonchev–Trinajstić information content (AvgIpc) is 2.77. The Morgan fingerprint density at radius 2 is 1.90 bits per heavy atom. The Morgan fingerprint density at radius 3 is 2.52 bits per heavy atom. The van der Waals surface area contributed by atoms with Crippen LogP contribution in [0.2, 0.25) is 5.02 Å². The average molecular weight is 433 g/mol. The van der Waals surface area contributed by atoms with Gasteiger partial charge in [-0.2, -0.15) is 0 Å². The molecule has 7 heteroatoms. The fourth-order valence-electron chi connectivity index (χ4n) is 3.43. The smallest absolute Gasteiger partial charge is 0.255 e. The van der Waals surface area contributed by atoms with Gasteiger partial charge in [0.05, 0.1) is 10.6 Å². The quantitative estimate of drug-likeness (QED) is 0.586. The molecular weight excluding hydrogens is 404 g/mol. The molecule has 2 heterocycles. The summed E-state index contributed by atoms with van der Waals surface area (Å²) in [5.74, 6) is 1.07. The third-order valence-electron chi connectivity index (χ3n) is 5.28. The molecule has 1 saturated heterocycles. The molecule has 29 heavy (non-hydrogen) atoms. The minimum atomic E-state index is 0.0583.